The summed E-state index contributed by atoms with van der Waals surface area (Å²) in [5.74, 6) is 3.40. The summed E-state index contributed by atoms with van der Waals surface area (Å²) in [5.41, 5.74) is 0. The number of hydrogen-bond donors (Lipinski definition) is 0. The van der Waals surface area contributed by atoms with E-state index in [0.717, 1.165) is 18.3 Å². The zero-order valence-electron chi connectivity index (χ0n) is 10.0. The molecule has 0 saturated heterocycles. The SMILES string of the molecule is COC(C)OCCSCC1CCCCC1. The van der Waals surface area contributed by atoms with Crippen molar-refractivity contribution in [3.8, 4) is 0 Å². The van der Waals surface area contributed by atoms with Crippen molar-refractivity contribution in [1.82, 2.24) is 0 Å². The molecule has 0 aromatic carbocycles. The van der Waals surface area contributed by atoms with Gasteiger partial charge in [-0.15, -0.1) is 0 Å². The smallest absolute Gasteiger partial charge is 0.154 e. The number of thioether (sulfide) groups is 1. The van der Waals surface area contributed by atoms with Gasteiger partial charge in [-0.05, 0) is 31.4 Å². The molecule has 15 heavy (non-hydrogen) atoms. The van der Waals surface area contributed by atoms with Crippen molar-refractivity contribution < 1.29 is 9.47 Å². The molecule has 0 N–H and O–H groups in total. The molecule has 0 amide bonds. The molecule has 1 atom stereocenters. The van der Waals surface area contributed by atoms with Crippen LogP contribution in [0.1, 0.15) is 39.0 Å². The zero-order valence-corrected chi connectivity index (χ0v) is 10.9. The lowest BCUT2D eigenvalue weighted by Gasteiger charge is -2.21. The summed E-state index contributed by atoms with van der Waals surface area (Å²) in [7, 11) is 1.68. The van der Waals surface area contributed by atoms with Gasteiger partial charge in [0.25, 0.3) is 0 Å². The molecule has 1 saturated carbocycles. The van der Waals surface area contributed by atoms with Gasteiger partial charge in [0, 0.05) is 12.9 Å². The van der Waals surface area contributed by atoms with E-state index in [0.29, 0.717) is 0 Å². The van der Waals surface area contributed by atoms with Crippen molar-refractivity contribution in [3.63, 3.8) is 0 Å². The summed E-state index contributed by atoms with van der Waals surface area (Å²) in [4.78, 5) is 0. The fourth-order valence-corrected chi connectivity index (χ4v) is 2.99. The van der Waals surface area contributed by atoms with Gasteiger partial charge in [-0.1, -0.05) is 19.3 Å². The Morgan fingerprint density at radius 1 is 1.27 bits per heavy atom. The fraction of sp³-hybridized carbons (Fsp3) is 1.00. The maximum Gasteiger partial charge on any atom is 0.154 e. The van der Waals surface area contributed by atoms with E-state index in [1.54, 1.807) is 7.11 Å². The Balaban J connectivity index is 1.87. The molecule has 1 rings (SSSR count). The monoisotopic (exact) mass is 232 g/mol. The van der Waals surface area contributed by atoms with Crippen LogP contribution in [0.15, 0.2) is 0 Å². The van der Waals surface area contributed by atoms with Crippen LogP contribution in [0.3, 0.4) is 0 Å². The van der Waals surface area contributed by atoms with E-state index in [2.05, 4.69) is 0 Å². The largest absolute Gasteiger partial charge is 0.356 e. The van der Waals surface area contributed by atoms with E-state index in [9.17, 15) is 0 Å². The average Bonchev–Trinajstić information content (AvgIpc) is 2.29. The van der Waals surface area contributed by atoms with Gasteiger partial charge in [-0.2, -0.15) is 11.8 Å². The molecule has 2 nitrogen and oxygen atoms in total. The second kappa shape index (κ2) is 8.43. The van der Waals surface area contributed by atoms with Crippen LogP contribution in [-0.2, 0) is 9.47 Å². The van der Waals surface area contributed by atoms with Crippen molar-refractivity contribution in [1.29, 1.82) is 0 Å². The zero-order chi connectivity index (χ0) is 10.9. The molecular formula is C12H24O2S. The summed E-state index contributed by atoms with van der Waals surface area (Å²) in [5, 5.41) is 0. The van der Waals surface area contributed by atoms with Gasteiger partial charge in [0.2, 0.25) is 0 Å². The Kier molecular flexibility index (Phi) is 7.49. The normalized spacial score (nSPS) is 20.4. The third kappa shape index (κ3) is 6.44. The Morgan fingerprint density at radius 2 is 2.00 bits per heavy atom. The van der Waals surface area contributed by atoms with Gasteiger partial charge >= 0.3 is 0 Å². The molecule has 0 aliphatic heterocycles. The van der Waals surface area contributed by atoms with Crippen LogP contribution in [0.25, 0.3) is 0 Å². The molecule has 0 radical (unpaired) electrons. The first-order valence-corrected chi connectivity index (χ1v) is 7.20. The van der Waals surface area contributed by atoms with Crippen LogP contribution in [0.2, 0.25) is 0 Å². The van der Waals surface area contributed by atoms with Gasteiger partial charge in [-0.3, -0.25) is 0 Å². The van der Waals surface area contributed by atoms with E-state index in [-0.39, 0.29) is 6.29 Å². The molecule has 0 bridgehead atoms. The second-order valence-electron chi connectivity index (χ2n) is 4.25. The Bertz CT molecular complexity index is 147. The van der Waals surface area contributed by atoms with Crippen LogP contribution < -0.4 is 0 Å². The molecule has 0 aromatic heterocycles. The van der Waals surface area contributed by atoms with E-state index < -0.39 is 0 Å². The van der Waals surface area contributed by atoms with Crippen molar-refractivity contribution >= 4 is 11.8 Å². The molecule has 1 unspecified atom stereocenters. The summed E-state index contributed by atoms with van der Waals surface area (Å²) in [6, 6.07) is 0. The van der Waals surface area contributed by atoms with E-state index in [4.69, 9.17) is 9.47 Å². The van der Waals surface area contributed by atoms with Gasteiger partial charge in [0.1, 0.15) is 0 Å². The van der Waals surface area contributed by atoms with E-state index in [1.807, 2.05) is 18.7 Å². The maximum absolute atomic E-state index is 5.44. The van der Waals surface area contributed by atoms with Crippen molar-refractivity contribution in [2.45, 2.75) is 45.3 Å². The molecule has 90 valence electrons. The highest BCUT2D eigenvalue weighted by molar-refractivity contribution is 7.99. The van der Waals surface area contributed by atoms with Crippen molar-refractivity contribution in [2.24, 2.45) is 5.92 Å². The third-order valence-electron chi connectivity index (χ3n) is 2.99. The molecular weight excluding hydrogens is 208 g/mol. The van der Waals surface area contributed by atoms with Crippen molar-refractivity contribution in [3.05, 3.63) is 0 Å². The first-order valence-electron chi connectivity index (χ1n) is 6.05. The predicted molar refractivity (Wildman–Crippen MR) is 66.3 cm³/mol. The molecule has 1 aliphatic rings. The first-order chi connectivity index (χ1) is 7.33. The van der Waals surface area contributed by atoms with Gasteiger partial charge < -0.3 is 9.47 Å². The Morgan fingerprint density at radius 3 is 2.67 bits per heavy atom. The van der Waals surface area contributed by atoms with Crippen LogP contribution in [0.4, 0.5) is 0 Å². The van der Waals surface area contributed by atoms with Crippen LogP contribution in [-0.4, -0.2) is 31.5 Å². The first kappa shape index (κ1) is 13.3. The van der Waals surface area contributed by atoms with E-state index >= 15 is 0 Å². The number of ether oxygens (including phenoxy) is 2. The lowest BCUT2D eigenvalue weighted by atomic mass is 9.91. The second-order valence-corrected chi connectivity index (χ2v) is 5.40. The highest BCUT2D eigenvalue weighted by atomic mass is 32.2. The maximum atomic E-state index is 5.44. The Hall–Kier alpha value is 0.270. The van der Waals surface area contributed by atoms with Crippen LogP contribution in [0.5, 0.6) is 0 Å². The minimum absolute atomic E-state index is 0.0553. The predicted octanol–water partition coefficient (Wildman–Crippen LogP) is 3.31. The topological polar surface area (TPSA) is 18.5 Å². The van der Waals surface area contributed by atoms with Crippen LogP contribution >= 0.6 is 11.8 Å². The summed E-state index contributed by atoms with van der Waals surface area (Å²) in [6.45, 7) is 2.75. The number of rotatable bonds is 7. The highest BCUT2D eigenvalue weighted by Gasteiger charge is 2.12. The van der Waals surface area contributed by atoms with Gasteiger partial charge in [0.15, 0.2) is 6.29 Å². The molecule has 3 heteroatoms. The molecule has 0 spiro atoms. The van der Waals surface area contributed by atoms with Crippen molar-refractivity contribution in [2.75, 3.05) is 25.2 Å². The number of methoxy groups -OCH3 is 1. The highest BCUT2D eigenvalue weighted by Crippen LogP contribution is 2.26. The summed E-state index contributed by atoms with van der Waals surface area (Å²) in [6.07, 6.45) is 7.19. The Labute approximate surface area is 98.1 Å². The van der Waals surface area contributed by atoms with Crippen LogP contribution in [0, 0.1) is 5.92 Å². The summed E-state index contributed by atoms with van der Waals surface area (Å²) < 4.78 is 10.5. The molecule has 0 aromatic rings. The summed E-state index contributed by atoms with van der Waals surface area (Å²) >= 11 is 2.03. The lowest BCUT2D eigenvalue weighted by Crippen LogP contribution is -2.13. The standard InChI is InChI=1S/C12H24O2S/c1-11(13-2)14-8-9-15-10-12-6-4-3-5-7-12/h11-12H,3-10H2,1-2H3. The third-order valence-corrected chi connectivity index (χ3v) is 4.15. The minimum atomic E-state index is -0.0553. The average molecular weight is 232 g/mol. The number of hydrogen-bond acceptors (Lipinski definition) is 3. The van der Waals surface area contributed by atoms with Gasteiger partial charge in [-0.25, -0.2) is 0 Å². The van der Waals surface area contributed by atoms with Gasteiger partial charge in [0.05, 0.1) is 6.61 Å². The quantitative estimate of drug-likeness (QED) is 0.495. The fourth-order valence-electron chi connectivity index (χ4n) is 1.94. The lowest BCUT2D eigenvalue weighted by molar-refractivity contribution is -0.105. The van der Waals surface area contributed by atoms with E-state index in [1.165, 1.54) is 37.9 Å². The molecule has 1 fully saturated rings. The minimum Gasteiger partial charge on any atom is -0.356 e. The molecule has 0 heterocycles. The molecule has 1 aliphatic carbocycles.